The van der Waals surface area contributed by atoms with E-state index in [2.05, 4.69) is 0 Å². The smallest absolute Gasteiger partial charge is 0.0645 e. The summed E-state index contributed by atoms with van der Waals surface area (Å²) in [4.78, 5) is 0. The molecule has 10 heavy (non-hydrogen) atoms. The van der Waals surface area contributed by atoms with Crippen LogP contribution in [0.5, 0.6) is 0 Å². The maximum atomic E-state index is 8.05. The quantitative estimate of drug-likeness (QED) is 0.568. The highest BCUT2D eigenvalue weighted by atomic mass is 16.5. The third-order valence-corrected chi connectivity index (χ3v) is 0.665. The van der Waals surface area contributed by atoms with E-state index in [9.17, 15) is 0 Å². The minimum absolute atomic E-state index is 0.253. The second-order valence-corrected chi connectivity index (χ2v) is 1.83. The van der Waals surface area contributed by atoms with Crippen LogP contribution >= 0.6 is 0 Å². The summed E-state index contributed by atoms with van der Waals surface area (Å²) in [5, 5.41) is 8.05. The van der Waals surface area contributed by atoms with E-state index in [4.69, 9.17) is 10.00 Å². The number of nitriles is 1. The molecule has 0 bridgehead atoms. The molecule has 0 atom stereocenters. The van der Waals surface area contributed by atoms with Crippen molar-refractivity contribution in [2.45, 2.75) is 40.2 Å². The SMILES string of the molecule is CC.CC(C)OCCC#N. The van der Waals surface area contributed by atoms with E-state index in [1.54, 1.807) is 0 Å². The van der Waals surface area contributed by atoms with E-state index in [-0.39, 0.29) is 6.10 Å². The lowest BCUT2D eigenvalue weighted by molar-refractivity contribution is 0.0834. The van der Waals surface area contributed by atoms with Crippen molar-refractivity contribution < 1.29 is 4.74 Å². The van der Waals surface area contributed by atoms with E-state index in [1.807, 2.05) is 33.8 Å². The molecule has 0 rings (SSSR count). The zero-order valence-electron chi connectivity index (χ0n) is 7.35. The van der Waals surface area contributed by atoms with Gasteiger partial charge in [0.15, 0.2) is 0 Å². The summed E-state index contributed by atoms with van der Waals surface area (Å²) in [7, 11) is 0. The molecule has 0 aromatic rings. The zero-order valence-corrected chi connectivity index (χ0v) is 7.35. The average molecular weight is 143 g/mol. The van der Waals surface area contributed by atoms with Gasteiger partial charge >= 0.3 is 0 Å². The average Bonchev–Trinajstić information content (AvgIpc) is 1.92. The van der Waals surface area contributed by atoms with Crippen LogP contribution in [0.4, 0.5) is 0 Å². The Labute approximate surface area is 63.8 Å². The summed E-state index contributed by atoms with van der Waals surface area (Å²) in [5.74, 6) is 0. The van der Waals surface area contributed by atoms with Crippen molar-refractivity contribution >= 4 is 0 Å². The minimum atomic E-state index is 0.253. The first-order valence-electron chi connectivity index (χ1n) is 3.76. The lowest BCUT2D eigenvalue weighted by Gasteiger charge is -2.02. The van der Waals surface area contributed by atoms with Crippen LogP contribution in [0, 0.1) is 11.3 Å². The standard InChI is InChI=1S/C6H11NO.C2H6/c1-6(2)8-5-3-4-7;1-2/h6H,3,5H2,1-2H3;1-2H3. The lowest BCUT2D eigenvalue weighted by Crippen LogP contribution is -2.02. The van der Waals surface area contributed by atoms with E-state index < -0.39 is 0 Å². The molecule has 0 aromatic heterocycles. The number of rotatable bonds is 3. The summed E-state index contributed by atoms with van der Waals surface area (Å²) in [6.07, 6.45) is 0.751. The van der Waals surface area contributed by atoms with Gasteiger partial charge in [-0.2, -0.15) is 5.26 Å². The summed E-state index contributed by atoms with van der Waals surface area (Å²) < 4.78 is 5.06. The zero-order chi connectivity index (χ0) is 8.41. The molecule has 0 spiro atoms. The fraction of sp³-hybridized carbons (Fsp3) is 0.875. The van der Waals surface area contributed by atoms with Gasteiger partial charge in [0.1, 0.15) is 0 Å². The van der Waals surface area contributed by atoms with Crippen molar-refractivity contribution in [2.75, 3.05) is 6.61 Å². The van der Waals surface area contributed by atoms with Gasteiger partial charge in [-0.25, -0.2) is 0 Å². The van der Waals surface area contributed by atoms with Crippen LogP contribution in [0.15, 0.2) is 0 Å². The second kappa shape index (κ2) is 11.3. The van der Waals surface area contributed by atoms with Gasteiger partial charge in [0, 0.05) is 0 Å². The maximum absolute atomic E-state index is 8.05. The Morgan fingerprint density at radius 1 is 1.40 bits per heavy atom. The van der Waals surface area contributed by atoms with Crippen LogP contribution in [-0.2, 0) is 4.74 Å². The molecule has 0 saturated carbocycles. The van der Waals surface area contributed by atoms with Crippen LogP contribution in [0.25, 0.3) is 0 Å². The fourth-order valence-electron chi connectivity index (χ4n) is 0.340. The third-order valence-electron chi connectivity index (χ3n) is 0.665. The molecular formula is C8H17NO. The molecule has 0 aromatic carbocycles. The third kappa shape index (κ3) is 15.7. The summed E-state index contributed by atoms with van der Waals surface area (Å²) >= 11 is 0. The molecular weight excluding hydrogens is 126 g/mol. The highest BCUT2D eigenvalue weighted by Crippen LogP contribution is 1.87. The monoisotopic (exact) mass is 143 g/mol. The van der Waals surface area contributed by atoms with E-state index in [0.29, 0.717) is 13.0 Å². The summed E-state index contributed by atoms with van der Waals surface area (Å²) in [6, 6.07) is 2.00. The molecule has 0 unspecified atom stereocenters. The first-order valence-corrected chi connectivity index (χ1v) is 3.76. The summed E-state index contributed by atoms with van der Waals surface area (Å²) in [6.45, 7) is 8.48. The molecule has 2 heteroatoms. The van der Waals surface area contributed by atoms with E-state index >= 15 is 0 Å². The van der Waals surface area contributed by atoms with Crippen molar-refractivity contribution in [3.8, 4) is 6.07 Å². The first kappa shape index (κ1) is 12.2. The van der Waals surface area contributed by atoms with Gasteiger partial charge in [0.2, 0.25) is 0 Å². The van der Waals surface area contributed by atoms with Gasteiger partial charge in [0.25, 0.3) is 0 Å². The molecule has 60 valence electrons. The second-order valence-electron chi connectivity index (χ2n) is 1.83. The Hall–Kier alpha value is -0.550. The maximum Gasteiger partial charge on any atom is 0.0645 e. The van der Waals surface area contributed by atoms with Crippen molar-refractivity contribution in [1.29, 1.82) is 5.26 Å². The van der Waals surface area contributed by atoms with Crippen LogP contribution in [0.2, 0.25) is 0 Å². The molecule has 0 heterocycles. The van der Waals surface area contributed by atoms with Crippen LogP contribution in [-0.4, -0.2) is 12.7 Å². The number of nitrogens with zero attached hydrogens (tertiary/aromatic N) is 1. The Kier molecular flexibility index (Phi) is 13.7. The fourth-order valence-corrected chi connectivity index (χ4v) is 0.340. The molecule has 0 amide bonds. The van der Waals surface area contributed by atoms with Crippen molar-refractivity contribution in [1.82, 2.24) is 0 Å². The number of ether oxygens (including phenoxy) is 1. The van der Waals surface area contributed by atoms with Crippen molar-refractivity contribution in [3.05, 3.63) is 0 Å². The van der Waals surface area contributed by atoms with Gasteiger partial charge in [-0.05, 0) is 13.8 Å². The van der Waals surface area contributed by atoms with Gasteiger partial charge in [-0.15, -0.1) is 0 Å². The molecule has 0 N–H and O–H groups in total. The van der Waals surface area contributed by atoms with E-state index in [1.165, 1.54) is 0 Å². The minimum Gasteiger partial charge on any atom is -0.378 e. The Morgan fingerprint density at radius 3 is 2.20 bits per heavy atom. The molecule has 0 saturated heterocycles. The Morgan fingerprint density at radius 2 is 1.90 bits per heavy atom. The van der Waals surface area contributed by atoms with Gasteiger partial charge in [-0.1, -0.05) is 13.8 Å². The van der Waals surface area contributed by atoms with Crippen LogP contribution in [0.3, 0.4) is 0 Å². The topological polar surface area (TPSA) is 33.0 Å². The highest BCUT2D eigenvalue weighted by molar-refractivity contribution is 4.67. The lowest BCUT2D eigenvalue weighted by atomic mass is 10.4. The van der Waals surface area contributed by atoms with Crippen molar-refractivity contribution in [2.24, 2.45) is 0 Å². The van der Waals surface area contributed by atoms with Crippen molar-refractivity contribution in [3.63, 3.8) is 0 Å². The normalized spacial score (nSPS) is 8.00. The number of hydrogen-bond acceptors (Lipinski definition) is 2. The molecule has 0 aliphatic rings. The van der Waals surface area contributed by atoms with Crippen LogP contribution < -0.4 is 0 Å². The number of hydrogen-bond donors (Lipinski definition) is 0. The predicted molar refractivity (Wildman–Crippen MR) is 42.7 cm³/mol. The largest absolute Gasteiger partial charge is 0.378 e. The first-order chi connectivity index (χ1) is 4.77. The molecule has 0 aliphatic carbocycles. The molecule has 2 nitrogen and oxygen atoms in total. The summed E-state index contributed by atoms with van der Waals surface area (Å²) in [5.41, 5.74) is 0. The highest BCUT2D eigenvalue weighted by Gasteiger charge is 1.89. The molecule has 0 radical (unpaired) electrons. The van der Waals surface area contributed by atoms with E-state index in [0.717, 1.165) is 0 Å². The van der Waals surface area contributed by atoms with Gasteiger partial charge < -0.3 is 4.74 Å². The van der Waals surface area contributed by atoms with Gasteiger partial charge in [-0.3, -0.25) is 0 Å². The predicted octanol–water partition coefficient (Wildman–Crippen LogP) is 2.35. The Balaban J connectivity index is 0. The molecule has 0 aliphatic heterocycles. The Bertz CT molecular complexity index is 83.7. The molecule has 0 fully saturated rings. The van der Waals surface area contributed by atoms with Gasteiger partial charge in [0.05, 0.1) is 25.2 Å². The van der Waals surface area contributed by atoms with Crippen LogP contribution in [0.1, 0.15) is 34.1 Å².